The number of hydrogen-bond donors (Lipinski definition) is 1. The van der Waals surface area contributed by atoms with Crippen LogP contribution in [0.3, 0.4) is 0 Å². The summed E-state index contributed by atoms with van der Waals surface area (Å²) in [5.41, 5.74) is 1.37. The molecule has 0 aromatic heterocycles. The zero-order chi connectivity index (χ0) is 21.0. The summed E-state index contributed by atoms with van der Waals surface area (Å²) in [5, 5.41) is 2.57. The van der Waals surface area contributed by atoms with Gasteiger partial charge in [-0.2, -0.15) is 0 Å². The van der Waals surface area contributed by atoms with Gasteiger partial charge in [-0.25, -0.2) is 4.39 Å². The Hall–Kier alpha value is -2.59. The minimum Gasteiger partial charge on any atom is -0.488 e. The lowest BCUT2D eigenvalue weighted by atomic mass is 10.1. The summed E-state index contributed by atoms with van der Waals surface area (Å²) < 4.78 is 19.8. The van der Waals surface area contributed by atoms with Gasteiger partial charge in [-0.1, -0.05) is 24.3 Å². The molecule has 148 valence electrons. The van der Waals surface area contributed by atoms with Crippen molar-refractivity contribution in [3.05, 3.63) is 81.2 Å². The third-order valence-electron chi connectivity index (χ3n) is 4.05. The zero-order valence-corrected chi connectivity index (χ0v) is 18.1. The van der Waals surface area contributed by atoms with Gasteiger partial charge in [0.1, 0.15) is 23.7 Å². The number of nitrogens with one attached hydrogen (secondary N) is 1. The Kier molecular flexibility index (Phi) is 6.75. The standard InChI is InChI=1S/C21H16FIN2O3S/c1-2-8-25-20(27)16(19(26)24-21(25)29)10-13-6-7-18(17(23)11-13)28-12-14-4-3-5-15(22)9-14/h2-7,9-11H,1,8,12H2,(H,24,26,29)/b16-10+. The number of carbonyl (C=O) groups is 2. The molecule has 0 radical (unpaired) electrons. The molecule has 0 unspecified atom stereocenters. The van der Waals surface area contributed by atoms with E-state index in [9.17, 15) is 14.0 Å². The van der Waals surface area contributed by atoms with Crippen molar-refractivity contribution in [2.24, 2.45) is 0 Å². The molecule has 0 aliphatic carbocycles. The first-order valence-corrected chi connectivity index (χ1v) is 10.0. The molecule has 1 aliphatic rings. The topological polar surface area (TPSA) is 58.6 Å². The summed E-state index contributed by atoms with van der Waals surface area (Å²) in [5.74, 6) is -0.712. The van der Waals surface area contributed by atoms with Crippen LogP contribution in [0.5, 0.6) is 5.75 Å². The van der Waals surface area contributed by atoms with Gasteiger partial charge in [0.2, 0.25) is 0 Å². The SMILES string of the molecule is C=CCN1C(=O)/C(=C/c2ccc(OCc3cccc(F)c3)c(I)c2)C(=O)NC1=S. The number of benzene rings is 2. The van der Waals surface area contributed by atoms with Crippen molar-refractivity contribution >= 4 is 57.8 Å². The summed E-state index contributed by atoms with van der Waals surface area (Å²) in [6.45, 7) is 4.03. The number of rotatable bonds is 6. The first-order valence-electron chi connectivity index (χ1n) is 8.55. The van der Waals surface area contributed by atoms with Crippen molar-refractivity contribution in [3.63, 3.8) is 0 Å². The molecular formula is C21H16FIN2O3S. The van der Waals surface area contributed by atoms with E-state index < -0.39 is 11.8 Å². The molecule has 1 aliphatic heterocycles. The fourth-order valence-electron chi connectivity index (χ4n) is 2.67. The van der Waals surface area contributed by atoms with Crippen molar-refractivity contribution in [2.75, 3.05) is 6.54 Å². The van der Waals surface area contributed by atoms with Crippen LogP contribution in [-0.2, 0) is 16.2 Å². The van der Waals surface area contributed by atoms with Crippen molar-refractivity contribution in [3.8, 4) is 5.75 Å². The second-order valence-electron chi connectivity index (χ2n) is 6.13. The van der Waals surface area contributed by atoms with E-state index in [1.807, 2.05) is 0 Å². The van der Waals surface area contributed by atoms with Crippen LogP contribution >= 0.6 is 34.8 Å². The van der Waals surface area contributed by atoms with Crippen LogP contribution in [0, 0.1) is 9.39 Å². The van der Waals surface area contributed by atoms with Crippen LogP contribution in [0.15, 0.2) is 60.7 Å². The van der Waals surface area contributed by atoms with Gasteiger partial charge in [0.15, 0.2) is 5.11 Å². The number of ether oxygens (including phenoxy) is 1. The minimum atomic E-state index is -0.540. The number of thiocarbonyl (C=S) groups is 1. The van der Waals surface area contributed by atoms with Crippen molar-refractivity contribution in [1.82, 2.24) is 10.2 Å². The van der Waals surface area contributed by atoms with E-state index in [2.05, 4.69) is 34.5 Å². The lowest BCUT2D eigenvalue weighted by Crippen LogP contribution is -2.53. The molecule has 0 atom stereocenters. The van der Waals surface area contributed by atoms with Crippen LogP contribution in [0.4, 0.5) is 4.39 Å². The Bertz CT molecular complexity index is 1040. The highest BCUT2D eigenvalue weighted by Gasteiger charge is 2.32. The van der Waals surface area contributed by atoms with Gasteiger partial charge < -0.3 is 4.74 Å². The molecule has 1 fully saturated rings. The van der Waals surface area contributed by atoms with E-state index in [0.29, 0.717) is 11.3 Å². The largest absolute Gasteiger partial charge is 0.488 e. The molecule has 3 rings (SSSR count). The maximum atomic E-state index is 13.3. The van der Waals surface area contributed by atoms with Gasteiger partial charge in [-0.3, -0.25) is 19.8 Å². The van der Waals surface area contributed by atoms with Gasteiger partial charge in [0, 0.05) is 6.54 Å². The van der Waals surface area contributed by atoms with Crippen molar-refractivity contribution in [2.45, 2.75) is 6.61 Å². The van der Waals surface area contributed by atoms with E-state index in [1.165, 1.54) is 29.2 Å². The van der Waals surface area contributed by atoms with E-state index in [4.69, 9.17) is 17.0 Å². The Balaban J connectivity index is 1.78. The Morgan fingerprint density at radius 1 is 1.24 bits per heavy atom. The molecule has 8 heteroatoms. The van der Waals surface area contributed by atoms with Crippen LogP contribution in [0.1, 0.15) is 11.1 Å². The average Bonchev–Trinajstić information content (AvgIpc) is 2.68. The average molecular weight is 522 g/mol. The summed E-state index contributed by atoms with van der Waals surface area (Å²) in [6, 6.07) is 11.5. The molecule has 5 nitrogen and oxygen atoms in total. The van der Waals surface area contributed by atoms with Crippen LogP contribution < -0.4 is 10.1 Å². The highest BCUT2D eigenvalue weighted by atomic mass is 127. The zero-order valence-electron chi connectivity index (χ0n) is 15.2. The van der Waals surface area contributed by atoms with Gasteiger partial charge in [0.05, 0.1) is 3.57 Å². The van der Waals surface area contributed by atoms with Crippen molar-refractivity contribution < 1.29 is 18.7 Å². The van der Waals surface area contributed by atoms with E-state index in [-0.39, 0.29) is 29.7 Å². The van der Waals surface area contributed by atoms with E-state index >= 15 is 0 Å². The second-order valence-corrected chi connectivity index (χ2v) is 7.68. The number of halogens is 2. The molecule has 1 N–H and O–H groups in total. The maximum Gasteiger partial charge on any atom is 0.265 e. The fraction of sp³-hybridized carbons (Fsp3) is 0.0952. The monoisotopic (exact) mass is 522 g/mol. The molecule has 0 spiro atoms. The third-order valence-corrected chi connectivity index (χ3v) is 5.21. The molecule has 2 amide bonds. The predicted octanol–water partition coefficient (Wildman–Crippen LogP) is 3.82. The van der Waals surface area contributed by atoms with Gasteiger partial charge in [-0.05, 0) is 76.3 Å². The fourth-order valence-corrected chi connectivity index (χ4v) is 3.61. The summed E-state index contributed by atoms with van der Waals surface area (Å²) in [4.78, 5) is 26.1. The number of nitrogens with zero attached hydrogens (tertiary/aromatic N) is 1. The quantitative estimate of drug-likeness (QED) is 0.206. The van der Waals surface area contributed by atoms with Crippen LogP contribution in [0.25, 0.3) is 6.08 Å². The second kappa shape index (κ2) is 9.27. The maximum absolute atomic E-state index is 13.3. The van der Waals surface area contributed by atoms with Crippen LogP contribution in [-0.4, -0.2) is 28.4 Å². The number of carbonyl (C=O) groups excluding carboxylic acids is 2. The summed E-state index contributed by atoms with van der Waals surface area (Å²) in [6.07, 6.45) is 3.04. The Morgan fingerprint density at radius 2 is 2.03 bits per heavy atom. The smallest absolute Gasteiger partial charge is 0.265 e. The molecular weight excluding hydrogens is 506 g/mol. The molecule has 1 heterocycles. The van der Waals surface area contributed by atoms with E-state index in [1.54, 1.807) is 30.3 Å². The third kappa shape index (κ3) is 5.07. The predicted molar refractivity (Wildman–Crippen MR) is 121 cm³/mol. The lowest BCUT2D eigenvalue weighted by molar-refractivity contribution is -0.128. The first-order chi connectivity index (χ1) is 13.9. The first kappa shape index (κ1) is 21.1. The summed E-state index contributed by atoms with van der Waals surface area (Å²) >= 11 is 7.14. The van der Waals surface area contributed by atoms with Gasteiger partial charge in [0.25, 0.3) is 11.8 Å². The molecule has 0 saturated carbocycles. The normalized spacial score (nSPS) is 15.4. The van der Waals surface area contributed by atoms with Gasteiger partial charge in [-0.15, -0.1) is 6.58 Å². The highest BCUT2D eigenvalue weighted by molar-refractivity contribution is 14.1. The number of hydrogen-bond acceptors (Lipinski definition) is 4. The number of amides is 2. The molecule has 2 aromatic carbocycles. The highest BCUT2D eigenvalue weighted by Crippen LogP contribution is 2.25. The van der Waals surface area contributed by atoms with Gasteiger partial charge >= 0.3 is 0 Å². The van der Waals surface area contributed by atoms with Crippen molar-refractivity contribution in [1.29, 1.82) is 0 Å². The molecule has 1 saturated heterocycles. The summed E-state index contributed by atoms with van der Waals surface area (Å²) in [7, 11) is 0. The minimum absolute atomic E-state index is 0.00956. The Morgan fingerprint density at radius 3 is 2.72 bits per heavy atom. The van der Waals surface area contributed by atoms with Crippen LogP contribution in [0.2, 0.25) is 0 Å². The Labute approximate surface area is 186 Å². The van der Waals surface area contributed by atoms with E-state index in [0.717, 1.165) is 9.13 Å². The molecule has 0 bridgehead atoms. The lowest BCUT2D eigenvalue weighted by Gasteiger charge is -2.27. The molecule has 29 heavy (non-hydrogen) atoms. The molecule has 2 aromatic rings.